The van der Waals surface area contributed by atoms with Gasteiger partial charge >= 0.3 is 5.97 Å². The highest BCUT2D eigenvalue weighted by molar-refractivity contribution is 5.85. The second kappa shape index (κ2) is 8.12. The SMILES string of the molecule is Cl.NC(Cc1c[nH]c2ccccc12)C(=O)O.O=CO. The molecule has 1 heterocycles. The largest absolute Gasteiger partial charge is 0.483 e. The minimum absolute atomic E-state index is 0. The average molecular weight is 287 g/mol. The summed E-state index contributed by atoms with van der Waals surface area (Å²) < 4.78 is 0. The number of benzene rings is 1. The Balaban J connectivity index is 0.000000742. The zero-order valence-electron chi connectivity index (χ0n) is 9.95. The topological polar surface area (TPSA) is 116 Å². The van der Waals surface area contributed by atoms with Gasteiger partial charge in [-0.3, -0.25) is 9.59 Å². The average Bonchev–Trinajstić information content (AvgIpc) is 2.74. The van der Waals surface area contributed by atoms with Crippen LogP contribution in [0.4, 0.5) is 0 Å². The number of carboxylic acid groups (broad SMARTS) is 2. The number of hydrogen-bond acceptors (Lipinski definition) is 3. The van der Waals surface area contributed by atoms with Crippen LogP contribution in [0.2, 0.25) is 0 Å². The van der Waals surface area contributed by atoms with Crippen LogP contribution in [0.15, 0.2) is 30.5 Å². The number of carboxylic acids is 1. The molecule has 1 aromatic carbocycles. The zero-order chi connectivity index (χ0) is 13.5. The summed E-state index contributed by atoms with van der Waals surface area (Å²) in [5.41, 5.74) is 7.43. The van der Waals surface area contributed by atoms with Gasteiger partial charge in [0.2, 0.25) is 0 Å². The van der Waals surface area contributed by atoms with Crippen molar-refractivity contribution in [3.63, 3.8) is 0 Å². The van der Waals surface area contributed by atoms with Gasteiger partial charge in [0.25, 0.3) is 6.47 Å². The number of carbonyl (C=O) groups is 2. The van der Waals surface area contributed by atoms with Crippen molar-refractivity contribution in [2.45, 2.75) is 12.5 Å². The van der Waals surface area contributed by atoms with Crippen molar-refractivity contribution >= 4 is 35.8 Å². The van der Waals surface area contributed by atoms with Gasteiger partial charge in [-0.15, -0.1) is 12.4 Å². The molecule has 0 saturated carbocycles. The second-order valence-electron chi connectivity index (χ2n) is 3.61. The van der Waals surface area contributed by atoms with Crippen LogP contribution in [0.5, 0.6) is 0 Å². The van der Waals surface area contributed by atoms with Gasteiger partial charge in [-0.05, 0) is 11.6 Å². The van der Waals surface area contributed by atoms with Crippen LogP contribution in [0.25, 0.3) is 10.9 Å². The van der Waals surface area contributed by atoms with Gasteiger partial charge < -0.3 is 20.9 Å². The lowest BCUT2D eigenvalue weighted by Gasteiger charge is -2.04. The Morgan fingerprint density at radius 3 is 2.58 bits per heavy atom. The molecule has 7 heteroatoms. The predicted molar refractivity (Wildman–Crippen MR) is 73.6 cm³/mol. The maximum atomic E-state index is 10.6. The summed E-state index contributed by atoms with van der Waals surface area (Å²) in [6, 6.07) is 6.91. The number of para-hydroxylation sites is 1. The van der Waals surface area contributed by atoms with Crippen molar-refractivity contribution in [3.8, 4) is 0 Å². The lowest BCUT2D eigenvalue weighted by Crippen LogP contribution is -2.32. The maximum Gasteiger partial charge on any atom is 0.320 e. The Bertz CT molecular complexity index is 541. The molecule has 0 aliphatic rings. The molecule has 6 nitrogen and oxygen atoms in total. The number of aromatic amines is 1. The van der Waals surface area contributed by atoms with E-state index in [9.17, 15) is 4.79 Å². The lowest BCUT2D eigenvalue weighted by molar-refractivity contribution is -0.138. The summed E-state index contributed by atoms with van der Waals surface area (Å²) in [5, 5.41) is 16.6. The normalized spacial score (nSPS) is 10.8. The Morgan fingerprint density at radius 2 is 2.00 bits per heavy atom. The molecular weight excluding hydrogens is 272 g/mol. The van der Waals surface area contributed by atoms with Gasteiger partial charge in [-0.1, -0.05) is 18.2 Å². The summed E-state index contributed by atoms with van der Waals surface area (Å²) in [6.45, 7) is -0.250. The Labute approximate surface area is 115 Å². The number of hydrogen-bond donors (Lipinski definition) is 4. The standard InChI is InChI=1S/C11H12N2O2.CH2O2.ClH/c12-9(11(14)15)5-7-6-13-10-4-2-1-3-8(7)10;2-1-3;/h1-4,6,9,13H,5,12H2,(H,14,15);1H,(H,2,3);1H. The molecule has 1 aromatic heterocycles. The van der Waals surface area contributed by atoms with Crippen molar-refractivity contribution in [2.24, 2.45) is 5.73 Å². The third kappa shape index (κ3) is 4.61. The third-order valence-electron chi connectivity index (χ3n) is 2.43. The highest BCUT2D eigenvalue weighted by Crippen LogP contribution is 2.18. The molecule has 2 aromatic rings. The van der Waals surface area contributed by atoms with Gasteiger partial charge in [-0.25, -0.2) is 0 Å². The van der Waals surface area contributed by atoms with Crippen LogP contribution < -0.4 is 5.73 Å². The van der Waals surface area contributed by atoms with Crippen molar-refractivity contribution in [1.29, 1.82) is 0 Å². The number of nitrogens with one attached hydrogen (secondary N) is 1. The number of aliphatic carboxylic acids is 1. The van der Waals surface area contributed by atoms with Crippen molar-refractivity contribution in [2.75, 3.05) is 0 Å². The number of nitrogens with two attached hydrogens (primary N) is 1. The Kier molecular flexibility index (Phi) is 7.25. The molecule has 0 bridgehead atoms. The summed E-state index contributed by atoms with van der Waals surface area (Å²) in [5.74, 6) is -0.972. The van der Waals surface area contributed by atoms with Crippen molar-refractivity contribution < 1.29 is 19.8 Å². The fraction of sp³-hybridized carbons (Fsp3) is 0.167. The maximum absolute atomic E-state index is 10.6. The number of H-pyrrole nitrogens is 1. The summed E-state index contributed by atoms with van der Waals surface area (Å²) >= 11 is 0. The molecule has 0 amide bonds. The molecule has 0 fully saturated rings. The number of rotatable bonds is 3. The molecular formula is C12H15ClN2O4. The van der Waals surface area contributed by atoms with Crippen LogP contribution in [0.1, 0.15) is 5.56 Å². The van der Waals surface area contributed by atoms with Gasteiger partial charge in [0.15, 0.2) is 0 Å². The first-order valence-corrected chi connectivity index (χ1v) is 5.21. The van der Waals surface area contributed by atoms with E-state index in [4.69, 9.17) is 20.7 Å². The fourth-order valence-electron chi connectivity index (χ4n) is 1.62. The molecule has 5 N–H and O–H groups in total. The first kappa shape index (κ1) is 16.9. The molecule has 2 rings (SSSR count). The molecule has 0 aliphatic heterocycles. The number of aromatic nitrogens is 1. The molecule has 1 unspecified atom stereocenters. The highest BCUT2D eigenvalue weighted by Gasteiger charge is 2.14. The monoisotopic (exact) mass is 286 g/mol. The van der Waals surface area contributed by atoms with Crippen LogP contribution >= 0.6 is 12.4 Å². The summed E-state index contributed by atoms with van der Waals surface area (Å²) in [4.78, 5) is 22.1. The van der Waals surface area contributed by atoms with E-state index in [0.29, 0.717) is 6.42 Å². The Hall–Kier alpha value is -2.05. The molecule has 0 saturated heterocycles. The van der Waals surface area contributed by atoms with E-state index in [2.05, 4.69) is 4.98 Å². The molecule has 1 atom stereocenters. The highest BCUT2D eigenvalue weighted by atomic mass is 35.5. The molecule has 0 aliphatic carbocycles. The van der Waals surface area contributed by atoms with Crippen LogP contribution in [0.3, 0.4) is 0 Å². The van der Waals surface area contributed by atoms with E-state index in [0.717, 1.165) is 16.5 Å². The fourth-order valence-corrected chi connectivity index (χ4v) is 1.62. The van der Waals surface area contributed by atoms with E-state index in [1.165, 1.54) is 0 Å². The van der Waals surface area contributed by atoms with Crippen molar-refractivity contribution in [3.05, 3.63) is 36.0 Å². The van der Waals surface area contributed by atoms with Crippen molar-refractivity contribution in [1.82, 2.24) is 4.98 Å². The number of fused-ring (bicyclic) bond motifs is 1. The number of halogens is 1. The van der Waals surface area contributed by atoms with Crippen LogP contribution in [0, 0.1) is 0 Å². The van der Waals surface area contributed by atoms with E-state index in [-0.39, 0.29) is 18.9 Å². The van der Waals surface area contributed by atoms with Crippen LogP contribution in [-0.2, 0) is 16.0 Å². The molecule has 104 valence electrons. The summed E-state index contributed by atoms with van der Waals surface area (Å²) in [6.07, 6.45) is 2.16. The van der Waals surface area contributed by atoms with E-state index in [1.807, 2.05) is 30.5 Å². The van der Waals surface area contributed by atoms with Gasteiger partial charge in [0.05, 0.1) is 0 Å². The van der Waals surface area contributed by atoms with E-state index in [1.54, 1.807) is 0 Å². The first-order valence-electron chi connectivity index (χ1n) is 5.21. The van der Waals surface area contributed by atoms with Gasteiger partial charge in [0, 0.05) is 23.5 Å². The molecule has 0 radical (unpaired) electrons. The van der Waals surface area contributed by atoms with Gasteiger partial charge in [-0.2, -0.15) is 0 Å². The zero-order valence-corrected chi connectivity index (χ0v) is 10.8. The van der Waals surface area contributed by atoms with Crippen LogP contribution in [-0.4, -0.2) is 33.7 Å². The van der Waals surface area contributed by atoms with Gasteiger partial charge in [0.1, 0.15) is 6.04 Å². The molecule has 19 heavy (non-hydrogen) atoms. The Morgan fingerprint density at radius 1 is 1.42 bits per heavy atom. The van der Waals surface area contributed by atoms with E-state index >= 15 is 0 Å². The predicted octanol–water partition coefficient (Wildman–Crippen LogP) is 1.24. The first-order chi connectivity index (χ1) is 8.60. The molecule has 0 spiro atoms. The quantitative estimate of drug-likeness (QED) is 0.634. The third-order valence-corrected chi connectivity index (χ3v) is 2.43. The lowest BCUT2D eigenvalue weighted by atomic mass is 10.1. The van der Waals surface area contributed by atoms with E-state index < -0.39 is 12.0 Å². The summed E-state index contributed by atoms with van der Waals surface area (Å²) in [7, 11) is 0. The minimum Gasteiger partial charge on any atom is -0.483 e. The second-order valence-corrected chi connectivity index (χ2v) is 3.61. The minimum atomic E-state index is -0.972. The smallest absolute Gasteiger partial charge is 0.320 e.